The summed E-state index contributed by atoms with van der Waals surface area (Å²) in [6.07, 6.45) is 3.01. The second-order valence-corrected chi connectivity index (χ2v) is 3.91. The van der Waals surface area contributed by atoms with Gasteiger partial charge in [0.2, 0.25) is 0 Å². The molecule has 19 heavy (non-hydrogen) atoms. The molecule has 102 valence electrons. The van der Waals surface area contributed by atoms with Gasteiger partial charge >= 0.3 is 6.18 Å². The van der Waals surface area contributed by atoms with Gasteiger partial charge in [-0.05, 0) is 18.6 Å². The average molecular weight is 270 g/mol. The summed E-state index contributed by atoms with van der Waals surface area (Å²) in [7, 11) is 0. The summed E-state index contributed by atoms with van der Waals surface area (Å²) in [5, 5.41) is 2.55. The molecule has 0 aliphatic carbocycles. The number of halogens is 3. The number of rotatable bonds is 4. The van der Waals surface area contributed by atoms with Gasteiger partial charge in [-0.3, -0.25) is 9.78 Å². The van der Waals surface area contributed by atoms with Gasteiger partial charge in [-0.15, -0.1) is 6.42 Å². The predicted octanol–water partition coefficient (Wildman–Crippen LogP) is 2.63. The van der Waals surface area contributed by atoms with Crippen molar-refractivity contribution in [3.8, 4) is 12.3 Å². The van der Waals surface area contributed by atoms with E-state index in [0.29, 0.717) is 6.42 Å². The number of pyridine rings is 1. The molecule has 0 radical (unpaired) electrons. The first-order valence-electron chi connectivity index (χ1n) is 5.68. The highest BCUT2D eigenvalue weighted by Gasteiger charge is 2.32. The normalized spacial score (nSPS) is 12.6. The molecule has 0 bridgehead atoms. The quantitative estimate of drug-likeness (QED) is 0.855. The van der Waals surface area contributed by atoms with E-state index in [1.807, 2.05) is 6.92 Å². The Hall–Kier alpha value is -2.03. The number of hydrogen-bond donors (Lipinski definition) is 1. The van der Waals surface area contributed by atoms with Crippen LogP contribution in [0, 0.1) is 12.3 Å². The molecule has 1 atom stereocenters. The molecular formula is C13H13F3N2O. The van der Waals surface area contributed by atoms with E-state index >= 15 is 0 Å². The van der Waals surface area contributed by atoms with Crippen LogP contribution in [0.5, 0.6) is 0 Å². The highest BCUT2D eigenvalue weighted by atomic mass is 19.4. The van der Waals surface area contributed by atoms with Gasteiger partial charge < -0.3 is 5.32 Å². The first kappa shape index (κ1) is 15.0. The van der Waals surface area contributed by atoms with Crippen LogP contribution in [-0.4, -0.2) is 16.9 Å². The Bertz CT molecular complexity index is 474. The fraction of sp³-hybridized carbons (Fsp3) is 0.385. The summed E-state index contributed by atoms with van der Waals surface area (Å²) < 4.78 is 36.9. The minimum absolute atomic E-state index is 0.0457. The molecule has 0 saturated carbocycles. The van der Waals surface area contributed by atoms with Crippen molar-refractivity contribution in [3.63, 3.8) is 0 Å². The maximum atomic E-state index is 12.3. The largest absolute Gasteiger partial charge is 0.433 e. The van der Waals surface area contributed by atoms with Crippen LogP contribution < -0.4 is 5.32 Å². The van der Waals surface area contributed by atoms with Gasteiger partial charge in [0.05, 0.1) is 11.6 Å². The molecule has 1 rings (SSSR count). The molecule has 0 aliphatic heterocycles. The molecule has 1 aromatic rings. The number of nitrogens with zero attached hydrogens (tertiary/aromatic N) is 1. The van der Waals surface area contributed by atoms with Crippen LogP contribution in [0.3, 0.4) is 0 Å². The molecule has 1 unspecified atom stereocenters. The summed E-state index contributed by atoms with van der Waals surface area (Å²) in [6.45, 7) is 1.91. The topological polar surface area (TPSA) is 42.0 Å². The molecule has 1 amide bonds. The third kappa shape index (κ3) is 4.28. The van der Waals surface area contributed by atoms with Crippen molar-refractivity contribution in [2.45, 2.75) is 32.0 Å². The summed E-state index contributed by atoms with van der Waals surface area (Å²) in [4.78, 5) is 14.9. The Morgan fingerprint density at radius 1 is 1.53 bits per heavy atom. The Morgan fingerprint density at radius 2 is 2.21 bits per heavy atom. The Kier molecular flexibility index (Phi) is 4.93. The number of terminal acetylenes is 1. The molecule has 0 aromatic carbocycles. The maximum Gasteiger partial charge on any atom is 0.433 e. The van der Waals surface area contributed by atoms with E-state index in [0.717, 1.165) is 24.8 Å². The second-order valence-electron chi connectivity index (χ2n) is 3.91. The third-order valence-corrected chi connectivity index (χ3v) is 2.40. The van der Waals surface area contributed by atoms with Crippen LogP contribution in [0.15, 0.2) is 18.3 Å². The van der Waals surface area contributed by atoms with E-state index in [-0.39, 0.29) is 5.56 Å². The molecule has 1 heterocycles. The predicted molar refractivity (Wildman–Crippen MR) is 64.2 cm³/mol. The lowest BCUT2D eigenvalue weighted by Crippen LogP contribution is -2.33. The van der Waals surface area contributed by atoms with E-state index in [4.69, 9.17) is 6.42 Å². The zero-order valence-electron chi connectivity index (χ0n) is 10.3. The molecule has 0 spiro atoms. The van der Waals surface area contributed by atoms with Gasteiger partial charge in [0, 0.05) is 6.20 Å². The van der Waals surface area contributed by atoms with Crippen LogP contribution in [0.4, 0.5) is 13.2 Å². The number of alkyl halides is 3. The maximum absolute atomic E-state index is 12.3. The van der Waals surface area contributed by atoms with Gasteiger partial charge in [0.1, 0.15) is 5.69 Å². The Morgan fingerprint density at radius 3 is 2.63 bits per heavy atom. The van der Waals surface area contributed by atoms with Crippen molar-refractivity contribution in [1.29, 1.82) is 0 Å². The number of hydrogen-bond acceptors (Lipinski definition) is 2. The van der Waals surface area contributed by atoms with Crippen molar-refractivity contribution in [2.75, 3.05) is 0 Å². The number of carbonyl (C=O) groups excluding carboxylic acids is 1. The first-order valence-corrected chi connectivity index (χ1v) is 5.68. The number of nitrogens with one attached hydrogen (secondary N) is 1. The zero-order valence-corrected chi connectivity index (χ0v) is 10.3. The van der Waals surface area contributed by atoms with Crippen LogP contribution >= 0.6 is 0 Å². The van der Waals surface area contributed by atoms with E-state index in [1.165, 1.54) is 0 Å². The summed E-state index contributed by atoms with van der Waals surface area (Å²) >= 11 is 0. The second kappa shape index (κ2) is 6.23. The minimum Gasteiger partial charge on any atom is -0.338 e. The van der Waals surface area contributed by atoms with Crippen LogP contribution in [-0.2, 0) is 6.18 Å². The molecule has 0 fully saturated rings. The van der Waals surface area contributed by atoms with Gasteiger partial charge in [-0.1, -0.05) is 19.3 Å². The highest BCUT2D eigenvalue weighted by molar-refractivity contribution is 5.94. The Balaban J connectivity index is 2.76. The fourth-order valence-electron chi connectivity index (χ4n) is 1.42. The highest BCUT2D eigenvalue weighted by Crippen LogP contribution is 2.27. The smallest absolute Gasteiger partial charge is 0.338 e. The fourth-order valence-corrected chi connectivity index (χ4v) is 1.42. The molecule has 6 heteroatoms. The van der Waals surface area contributed by atoms with Gasteiger partial charge in [0.15, 0.2) is 0 Å². The lowest BCUT2D eigenvalue weighted by atomic mass is 10.1. The van der Waals surface area contributed by atoms with Gasteiger partial charge in [0.25, 0.3) is 5.91 Å². The SMILES string of the molecule is C#CC(CCC)NC(=O)c1ccc(C(F)(F)F)nc1. The summed E-state index contributed by atoms with van der Waals surface area (Å²) in [5.74, 6) is 1.88. The summed E-state index contributed by atoms with van der Waals surface area (Å²) in [6, 6.07) is 1.41. The average Bonchev–Trinajstić information content (AvgIpc) is 2.37. The molecule has 0 aliphatic rings. The Labute approximate surface area is 109 Å². The summed E-state index contributed by atoms with van der Waals surface area (Å²) in [5.41, 5.74) is -0.990. The van der Waals surface area contributed by atoms with Crippen molar-refractivity contribution in [1.82, 2.24) is 10.3 Å². The van der Waals surface area contributed by atoms with Gasteiger partial charge in [-0.2, -0.15) is 13.2 Å². The van der Waals surface area contributed by atoms with Crippen LogP contribution in [0.1, 0.15) is 35.8 Å². The molecule has 3 nitrogen and oxygen atoms in total. The molecular weight excluding hydrogens is 257 g/mol. The monoisotopic (exact) mass is 270 g/mol. The van der Waals surface area contributed by atoms with E-state index < -0.39 is 23.8 Å². The molecule has 1 aromatic heterocycles. The van der Waals surface area contributed by atoms with Crippen LogP contribution in [0.2, 0.25) is 0 Å². The molecule has 0 saturated heterocycles. The first-order chi connectivity index (χ1) is 8.88. The standard InChI is InChI=1S/C13H13F3N2O/c1-3-5-10(4-2)18-12(19)9-6-7-11(17-8-9)13(14,15)16/h2,6-8,10H,3,5H2,1H3,(H,18,19). The van der Waals surface area contributed by atoms with Gasteiger partial charge in [-0.25, -0.2) is 0 Å². The van der Waals surface area contributed by atoms with E-state index in [2.05, 4.69) is 16.2 Å². The third-order valence-electron chi connectivity index (χ3n) is 2.40. The van der Waals surface area contributed by atoms with Crippen LogP contribution in [0.25, 0.3) is 0 Å². The zero-order chi connectivity index (χ0) is 14.5. The number of amides is 1. The molecule has 1 N–H and O–H groups in total. The van der Waals surface area contributed by atoms with E-state index in [1.54, 1.807) is 0 Å². The lowest BCUT2D eigenvalue weighted by molar-refractivity contribution is -0.141. The van der Waals surface area contributed by atoms with E-state index in [9.17, 15) is 18.0 Å². The minimum atomic E-state index is -4.52. The number of aromatic nitrogens is 1. The lowest BCUT2D eigenvalue weighted by Gasteiger charge is -2.12. The van der Waals surface area contributed by atoms with Crippen molar-refractivity contribution in [3.05, 3.63) is 29.6 Å². The van der Waals surface area contributed by atoms with Crippen molar-refractivity contribution >= 4 is 5.91 Å². The van der Waals surface area contributed by atoms with Crippen molar-refractivity contribution in [2.24, 2.45) is 0 Å². The number of carbonyl (C=O) groups is 1. The van der Waals surface area contributed by atoms with Crippen molar-refractivity contribution < 1.29 is 18.0 Å².